The van der Waals surface area contributed by atoms with Crippen molar-refractivity contribution in [2.75, 3.05) is 0 Å². The van der Waals surface area contributed by atoms with Gasteiger partial charge in [-0.25, -0.2) is 29.9 Å². The number of para-hydroxylation sites is 2. The molecule has 0 saturated heterocycles. The predicted octanol–water partition coefficient (Wildman–Crippen LogP) is 22.3. The summed E-state index contributed by atoms with van der Waals surface area (Å²) in [6, 6.07) is 81.9. The molecule has 2 aliphatic rings. The molecule has 18 rings (SSSR count). The van der Waals surface area contributed by atoms with E-state index >= 15 is 0 Å². The van der Waals surface area contributed by atoms with Crippen LogP contribution >= 0.6 is 0 Å². The summed E-state index contributed by atoms with van der Waals surface area (Å²) in [6.45, 7) is 40.7. The fourth-order valence-corrected chi connectivity index (χ4v) is 16.7. The van der Waals surface area contributed by atoms with E-state index in [1.54, 1.807) is 0 Å². The van der Waals surface area contributed by atoms with Crippen LogP contribution in [0.3, 0.4) is 0 Å². The molecule has 0 fully saturated rings. The molecule has 16 aromatic rings. The lowest BCUT2D eigenvalue weighted by Crippen LogP contribution is -2.59. The number of rotatable bonds is 7. The Balaban J connectivity index is 0.947. The first-order valence-electron chi connectivity index (χ1n) is 37.7. The summed E-state index contributed by atoms with van der Waals surface area (Å²) in [6.07, 6.45) is 0. The zero-order chi connectivity index (χ0) is 73.8. The van der Waals surface area contributed by atoms with E-state index < -0.39 is 0 Å². The molecule has 522 valence electrons. The Labute approximate surface area is 622 Å². The van der Waals surface area contributed by atoms with Gasteiger partial charge in [0.05, 0.1) is 44.5 Å². The minimum absolute atomic E-state index is 0.0291. The van der Waals surface area contributed by atoms with Gasteiger partial charge in [-0.1, -0.05) is 294 Å². The van der Waals surface area contributed by atoms with Crippen LogP contribution in [0.1, 0.15) is 158 Å². The van der Waals surface area contributed by atoms with Gasteiger partial charge in [-0.05, 0) is 131 Å². The molecule has 0 atom stereocenters. The molecule has 106 heavy (non-hydrogen) atoms. The van der Waals surface area contributed by atoms with Crippen molar-refractivity contribution < 1.29 is 0 Å². The van der Waals surface area contributed by atoms with Crippen molar-refractivity contribution in [3.63, 3.8) is 0 Å². The Morgan fingerprint density at radius 1 is 0.255 bits per heavy atom. The van der Waals surface area contributed by atoms with Crippen LogP contribution in [-0.2, 0) is 32.5 Å². The summed E-state index contributed by atoms with van der Waals surface area (Å²) < 4.78 is 7.77. The van der Waals surface area contributed by atoms with Crippen LogP contribution < -0.4 is 16.4 Å². The molecule has 7 heterocycles. The third kappa shape index (κ3) is 10.6. The summed E-state index contributed by atoms with van der Waals surface area (Å²) in [5, 5.41) is 6.90. The summed E-state index contributed by atoms with van der Waals surface area (Å²) in [4.78, 5) is 33.1. The summed E-state index contributed by atoms with van der Waals surface area (Å²) in [5.41, 5.74) is 26.7. The Kier molecular flexibility index (Phi) is 14.6. The molecule has 0 N–H and O–H groups in total. The fourth-order valence-electron chi connectivity index (χ4n) is 16.7. The van der Waals surface area contributed by atoms with Crippen molar-refractivity contribution in [1.82, 2.24) is 43.6 Å². The Hall–Kier alpha value is -11.1. The molecule has 0 radical (unpaired) electrons. The average Bonchev–Trinajstić information content (AvgIpc) is 1.46. The zero-order valence-electron chi connectivity index (χ0n) is 64.4. The first kappa shape index (κ1) is 66.8. The van der Waals surface area contributed by atoms with Crippen LogP contribution in [0.2, 0.25) is 0 Å². The molecule has 10 heteroatoms. The molecular formula is C96H90BN9. The van der Waals surface area contributed by atoms with Gasteiger partial charge in [-0.3, -0.25) is 0 Å². The molecule has 0 spiro atoms. The highest BCUT2D eigenvalue weighted by Gasteiger charge is 2.44. The molecule has 0 unspecified atom stereocenters. The maximum atomic E-state index is 5.62. The molecule has 0 saturated carbocycles. The van der Waals surface area contributed by atoms with Gasteiger partial charge in [0, 0.05) is 71.4 Å². The second-order valence-electron chi connectivity index (χ2n) is 36.1. The topological polar surface area (TPSA) is 92.1 Å². The van der Waals surface area contributed by atoms with Crippen LogP contribution in [-0.4, -0.2) is 50.3 Å². The molecular weight excluding hydrogens is 1290 g/mol. The third-order valence-electron chi connectivity index (χ3n) is 22.8. The van der Waals surface area contributed by atoms with E-state index in [2.05, 4.69) is 357 Å². The first-order valence-corrected chi connectivity index (χ1v) is 37.7. The standard InChI is InChI=1S/C96H90BN9/c1-91(2,3)59-35-27-55(28-36-59)85-98-86(56-29-37-60(38-30-56)92(4,5)6)101-89(100-85)67-45-47-71-82-79(67)65-23-19-21-25-73(65)105(82)77-51-52-78(104-75-49-43-63(95(13,14)15)53-69(75)70-54-64(96(16,17)18)44-50-76(70)104)84-81(77)97(71)72-48-46-68(80-66-24-20-22-26-74(66)106(84)83(72)80)90-102-87(57-31-39-61(40-32-57)93(7,8)9)99-88(103-90)58-33-41-62(42-34-58)94(10,11)12/h19-54H,1-18H3. The van der Waals surface area contributed by atoms with E-state index in [0.29, 0.717) is 34.9 Å². The van der Waals surface area contributed by atoms with E-state index in [1.165, 1.54) is 60.5 Å². The van der Waals surface area contributed by atoms with Crippen molar-refractivity contribution >= 4 is 88.5 Å². The number of fused-ring (bicyclic) bond motifs is 13. The number of nitrogens with zero attached hydrogens (tertiary/aromatic N) is 9. The molecule has 9 nitrogen and oxygen atoms in total. The maximum Gasteiger partial charge on any atom is 0.252 e. The summed E-state index contributed by atoms with van der Waals surface area (Å²) in [7, 11) is 0. The van der Waals surface area contributed by atoms with Gasteiger partial charge >= 0.3 is 0 Å². The summed E-state index contributed by atoms with van der Waals surface area (Å²) >= 11 is 0. The molecule has 0 bridgehead atoms. The minimum Gasteiger partial charge on any atom is -0.310 e. The van der Waals surface area contributed by atoms with Crippen molar-refractivity contribution in [2.45, 2.75) is 157 Å². The van der Waals surface area contributed by atoms with Crippen LogP contribution in [0.25, 0.3) is 151 Å². The smallest absolute Gasteiger partial charge is 0.252 e. The maximum absolute atomic E-state index is 5.62. The van der Waals surface area contributed by atoms with Gasteiger partial charge in [-0.2, -0.15) is 0 Å². The first-order chi connectivity index (χ1) is 50.3. The lowest BCUT2D eigenvalue weighted by Gasteiger charge is -2.35. The highest BCUT2D eigenvalue weighted by Crippen LogP contribution is 2.48. The fraction of sp³-hybridized carbons (Fsp3) is 0.250. The van der Waals surface area contributed by atoms with Crippen molar-refractivity contribution in [1.29, 1.82) is 0 Å². The predicted molar refractivity (Wildman–Crippen MR) is 446 cm³/mol. The van der Waals surface area contributed by atoms with Gasteiger partial charge in [0.15, 0.2) is 34.9 Å². The average molecular weight is 1380 g/mol. The van der Waals surface area contributed by atoms with Crippen LogP contribution in [0, 0.1) is 0 Å². The highest BCUT2D eigenvalue weighted by molar-refractivity contribution is 7.00. The largest absolute Gasteiger partial charge is 0.310 e. The van der Waals surface area contributed by atoms with Crippen molar-refractivity contribution in [3.05, 3.63) is 252 Å². The minimum atomic E-state index is -0.265. The second kappa shape index (κ2) is 23.2. The lowest BCUT2D eigenvalue weighted by molar-refractivity contribution is 0.590. The molecule has 11 aromatic carbocycles. The Morgan fingerprint density at radius 3 is 0.915 bits per heavy atom. The number of hydrogen-bond donors (Lipinski definition) is 0. The second-order valence-corrected chi connectivity index (χ2v) is 36.1. The van der Waals surface area contributed by atoms with Crippen LogP contribution in [0.4, 0.5) is 0 Å². The van der Waals surface area contributed by atoms with Gasteiger partial charge in [-0.15, -0.1) is 0 Å². The quantitative estimate of drug-likeness (QED) is 0.148. The third-order valence-corrected chi connectivity index (χ3v) is 22.8. The molecule has 2 aliphatic heterocycles. The Bertz CT molecular complexity index is 6120. The lowest BCUT2D eigenvalue weighted by atomic mass is 9.34. The van der Waals surface area contributed by atoms with Gasteiger partial charge in [0.1, 0.15) is 0 Å². The van der Waals surface area contributed by atoms with Gasteiger partial charge in [0.25, 0.3) is 6.71 Å². The van der Waals surface area contributed by atoms with E-state index in [-0.39, 0.29) is 39.2 Å². The number of benzene rings is 11. The van der Waals surface area contributed by atoms with Crippen LogP contribution in [0.15, 0.2) is 218 Å². The zero-order valence-corrected chi connectivity index (χ0v) is 64.4. The van der Waals surface area contributed by atoms with Crippen molar-refractivity contribution in [2.24, 2.45) is 0 Å². The molecule has 5 aromatic heterocycles. The van der Waals surface area contributed by atoms with E-state index in [1.807, 2.05) is 0 Å². The Morgan fingerprint density at radius 2 is 0.557 bits per heavy atom. The van der Waals surface area contributed by atoms with E-state index in [4.69, 9.17) is 29.9 Å². The monoisotopic (exact) mass is 1380 g/mol. The number of hydrogen-bond acceptors (Lipinski definition) is 6. The molecule has 0 amide bonds. The van der Waals surface area contributed by atoms with Gasteiger partial charge in [0.2, 0.25) is 0 Å². The number of aromatic nitrogens is 9. The molecule has 0 aliphatic carbocycles. The highest BCUT2D eigenvalue weighted by atomic mass is 15.1. The van der Waals surface area contributed by atoms with Crippen LogP contribution in [0.5, 0.6) is 0 Å². The summed E-state index contributed by atoms with van der Waals surface area (Å²) in [5.74, 6) is 3.73. The van der Waals surface area contributed by atoms with E-state index in [0.717, 1.165) is 105 Å². The normalized spacial score (nSPS) is 13.4. The van der Waals surface area contributed by atoms with E-state index in [9.17, 15) is 0 Å². The van der Waals surface area contributed by atoms with Crippen molar-refractivity contribution in [3.8, 4) is 85.4 Å². The SMILES string of the molecule is CC(C)(C)c1ccc(-c2nc(-c3ccc(C(C)(C)C)cc3)nc(-c3ccc4c5c3c3ccccc3n5-c3ccc(-n5c6ccc(C(C)(C)C)cc6c6cc(C(C)(C)C)ccc65)c5c3B4c3ccc(-c4nc(-c6ccc(C(C)(C)C)cc6)nc(-c6ccc(C(C)(C)C)cc6)n4)c4c6ccccc6n-5c34)n2)cc1. The van der Waals surface area contributed by atoms with Gasteiger partial charge < -0.3 is 13.7 Å².